The van der Waals surface area contributed by atoms with Gasteiger partial charge in [-0.3, -0.25) is 4.99 Å². The molecule has 5 nitrogen and oxygen atoms in total. The summed E-state index contributed by atoms with van der Waals surface area (Å²) in [5, 5.41) is 0.141. The molecule has 0 N–H and O–H groups in total. The summed E-state index contributed by atoms with van der Waals surface area (Å²) in [5.74, 6) is -0.389. The van der Waals surface area contributed by atoms with Crippen LogP contribution in [0.3, 0.4) is 0 Å². The van der Waals surface area contributed by atoms with Gasteiger partial charge in [-0.25, -0.2) is 9.78 Å². The molecule has 128 valence electrons. The van der Waals surface area contributed by atoms with Gasteiger partial charge in [0.1, 0.15) is 0 Å². The molecule has 0 bridgehead atoms. The minimum absolute atomic E-state index is 0.0616. The van der Waals surface area contributed by atoms with Gasteiger partial charge >= 0.3 is 5.97 Å². The fourth-order valence-corrected chi connectivity index (χ4v) is 5.19. The van der Waals surface area contributed by atoms with Crippen LogP contribution >= 0.6 is 27.7 Å². The van der Waals surface area contributed by atoms with Crippen molar-refractivity contribution in [1.82, 2.24) is 9.55 Å². The van der Waals surface area contributed by atoms with E-state index in [4.69, 9.17) is 9.73 Å². The average molecular weight is 418 g/mol. The highest BCUT2D eigenvalue weighted by molar-refractivity contribution is 9.14. The van der Waals surface area contributed by atoms with Crippen LogP contribution in [0.4, 0.5) is 0 Å². The molecular formula is C18H16BrN3O2S. The van der Waals surface area contributed by atoms with Gasteiger partial charge in [0, 0.05) is 3.81 Å². The van der Waals surface area contributed by atoms with Gasteiger partial charge in [-0.2, -0.15) is 0 Å². The van der Waals surface area contributed by atoms with Crippen LogP contribution in [0.25, 0.3) is 0 Å². The first-order chi connectivity index (χ1) is 12.2. The summed E-state index contributed by atoms with van der Waals surface area (Å²) in [6, 6.07) is 10.3. The first-order valence-corrected chi connectivity index (χ1v) is 9.73. The van der Waals surface area contributed by atoms with Crippen molar-refractivity contribution in [1.29, 1.82) is 0 Å². The Kier molecular flexibility index (Phi) is 4.52. The number of fused-ring (bicyclic) bond motifs is 3. The molecule has 0 saturated heterocycles. The molecule has 0 saturated carbocycles. The van der Waals surface area contributed by atoms with Gasteiger partial charge in [-0.05, 0) is 34.5 Å². The van der Waals surface area contributed by atoms with Gasteiger partial charge < -0.3 is 9.30 Å². The smallest absolute Gasteiger partial charge is 0.358 e. The zero-order valence-corrected chi connectivity index (χ0v) is 16.0. The first kappa shape index (κ1) is 16.6. The Morgan fingerprint density at radius 3 is 2.96 bits per heavy atom. The van der Waals surface area contributed by atoms with E-state index in [0.717, 1.165) is 20.8 Å². The highest BCUT2D eigenvalue weighted by atomic mass is 79.9. The molecule has 2 aliphatic rings. The lowest BCUT2D eigenvalue weighted by atomic mass is 10.0. The molecule has 2 aromatic rings. The minimum atomic E-state index is -0.389. The molecule has 2 aliphatic heterocycles. The third-order valence-corrected chi connectivity index (χ3v) is 6.22. The number of benzene rings is 1. The Labute approximate surface area is 158 Å². The Balaban J connectivity index is 1.80. The highest BCUT2D eigenvalue weighted by Gasteiger charge is 2.37. The molecule has 3 heterocycles. The lowest BCUT2D eigenvalue weighted by molar-refractivity contribution is 0.0518. The van der Waals surface area contributed by atoms with Gasteiger partial charge in [0.25, 0.3) is 0 Å². The number of allylic oxidation sites excluding steroid dienone is 1. The molecule has 4 rings (SSSR count). The van der Waals surface area contributed by atoms with E-state index in [0.29, 0.717) is 18.8 Å². The molecule has 0 fully saturated rings. The quantitative estimate of drug-likeness (QED) is 0.709. The van der Waals surface area contributed by atoms with Crippen LogP contribution in [0, 0.1) is 0 Å². The van der Waals surface area contributed by atoms with E-state index in [9.17, 15) is 4.79 Å². The van der Waals surface area contributed by atoms with Crippen LogP contribution in [-0.4, -0.2) is 33.1 Å². The van der Waals surface area contributed by atoms with Crippen molar-refractivity contribution < 1.29 is 9.53 Å². The molecule has 0 spiro atoms. The Morgan fingerprint density at radius 2 is 2.20 bits per heavy atom. The maximum atomic E-state index is 12.2. The number of hydrogen-bond acceptors (Lipinski definition) is 5. The zero-order chi connectivity index (χ0) is 17.4. The average Bonchev–Trinajstić information content (AvgIpc) is 3.17. The fraction of sp³-hybridized carbons (Fsp3) is 0.278. The van der Waals surface area contributed by atoms with Crippen molar-refractivity contribution in [3.05, 3.63) is 63.5 Å². The first-order valence-electron chi connectivity index (χ1n) is 8.05. The molecule has 1 aromatic heterocycles. The number of thioether (sulfide) groups is 1. The molecule has 2 atom stereocenters. The molecular weight excluding hydrogens is 402 g/mol. The van der Waals surface area contributed by atoms with Gasteiger partial charge in [-0.15, -0.1) is 11.8 Å². The molecule has 2 unspecified atom stereocenters. The fourth-order valence-electron chi connectivity index (χ4n) is 3.18. The van der Waals surface area contributed by atoms with E-state index < -0.39 is 0 Å². The standard InChI is InChI=1S/C18H16BrN3O2S/c1-2-24-18(23)16-13-9-20-15(11-6-4-3-5-7-11)17-12(8-14(19)25-17)22(13)10-21-16/h3-8,10,12,17H,2,9H2,1H3. The van der Waals surface area contributed by atoms with Crippen LogP contribution in [0.5, 0.6) is 0 Å². The van der Waals surface area contributed by atoms with E-state index in [1.54, 1.807) is 25.0 Å². The van der Waals surface area contributed by atoms with E-state index >= 15 is 0 Å². The van der Waals surface area contributed by atoms with Crippen LogP contribution in [0.2, 0.25) is 0 Å². The second-order valence-electron chi connectivity index (χ2n) is 5.73. The van der Waals surface area contributed by atoms with E-state index in [2.05, 4.69) is 43.7 Å². The van der Waals surface area contributed by atoms with Crippen LogP contribution in [-0.2, 0) is 11.3 Å². The summed E-state index contributed by atoms with van der Waals surface area (Å²) >= 11 is 5.35. The second-order valence-corrected chi connectivity index (χ2v) is 8.30. The largest absolute Gasteiger partial charge is 0.461 e. The lowest BCUT2D eigenvalue weighted by Gasteiger charge is -2.20. The van der Waals surface area contributed by atoms with Crippen LogP contribution in [0.15, 0.2) is 51.5 Å². The number of aliphatic imine (C=N–C) groups is 1. The number of carbonyl (C=O) groups excluding carboxylic acids is 1. The number of hydrogen-bond donors (Lipinski definition) is 0. The van der Waals surface area contributed by atoms with Gasteiger partial charge in [0.05, 0.1) is 42.2 Å². The van der Waals surface area contributed by atoms with Gasteiger partial charge in [0.2, 0.25) is 0 Å². The highest BCUT2D eigenvalue weighted by Crippen LogP contribution is 2.45. The Morgan fingerprint density at radius 1 is 1.40 bits per heavy atom. The Bertz CT molecular complexity index is 876. The number of esters is 1. The van der Waals surface area contributed by atoms with E-state index in [-0.39, 0.29) is 17.3 Å². The van der Waals surface area contributed by atoms with E-state index in [1.165, 1.54) is 0 Å². The van der Waals surface area contributed by atoms with Gasteiger partial charge in [0.15, 0.2) is 5.69 Å². The summed E-state index contributed by atoms with van der Waals surface area (Å²) in [7, 11) is 0. The van der Waals surface area contributed by atoms with E-state index in [1.807, 2.05) is 18.2 Å². The molecule has 0 radical (unpaired) electrons. The molecule has 7 heteroatoms. The van der Waals surface area contributed by atoms with Crippen LogP contribution < -0.4 is 0 Å². The Hall–Kier alpha value is -1.86. The van der Waals surface area contributed by atoms with Gasteiger partial charge in [-0.1, -0.05) is 30.3 Å². The van der Waals surface area contributed by atoms with Crippen molar-refractivity contribution in [3.63, 3.8) is 0 Å². The summed E-state index contributed by atoms with van der Waals surface area (Å²) in [4.78, 5) is 21.4. The predicted octanol–water partition coefficient (Wildman–Crippen LogP) is 3.96. The maximum Gasteiger partial charge on any atom is 0.358 e. The monoisotopic (exact) mass is 417 g/mol. The molecule has 25 heavy (non-hydrogen) atoms. The third kappa shape index (κ3) is 2.95. The maximum absolute atomic E-state index is 12.2. The minimum Gasteiger partial charge on any atom is -0.461 e. The number of aromatic nitrogens is 2. The second kappa shape index (κ2) is 6.80. The SMILES string of the molecule is CCOC(=O)c1ncn2c1CN=C(c1ccccc1)C1SC(Br)=CC12. The van der Waals surface area contributed by atoms with Crippen molar-refractivity contribution in [2.24, 2.45) is 4.99 Å². The van der Waals surface area contributed by atoms with Crippen molar-refractivity contribution in [2.75, 3.05) is 6.61 Å². The zero-order valence-electron chi connectivity index (χ0n) is 13.6. The number of imidazole rings is 1. The topological polar surface area (TPSA) is 56.5 Å². The van der Waals surface area contributed by atoms with Crippen molar-refractivity contribution in [2.45, 2.75) is 24.8 Å². The summed E-state index contributed by atoms with van der Waals surface area (Å²) in [6.45, 7) is 2.54. The number of rotatable bonds is 3. The van der Waals surface area contributed by atoms with Crippen molar-refractivity contribution >= 4 is 39.4 Å². The molecule has 0 aliphatic carbocycles. The lowest BCUT2D eigenvalue weighted by Crippen LogP contribution is -2.25. The molecule has 0 amide bonds. The number of halogens is 1. The summed E-state index contributed by atoms with van der Waals surface area (Å²) < 4.78 is 8.27. The summed E-state index contributed by atoms with van der Waals surface area (Å²) in [5.41, 5.74) is 3.32. The third-order valence-electron chi connectivity index (χ3n) is 4.28. The number of nitrogens with zero attached hydrogens (tertiary/aromatic N) is 3. The predicted molar refractivity (Wildman–Crippen MR) is 102 cm³/mol. The summed E-state index contributed by atoms with van der Waals surface area (Å²) in [6.07, 6.45) is 3.88. The molecule has 1 aromatic carbocycles. The van der Waals surface area contributed by atoms with Crippen molar-refractivity contribution in [3.8, 4) is 0 Å². The van der Waals surface area contributed by atoms with Crippen LogP contribution in [0.1, 0.15) is 34.7 Å². The normalized spacial score (nSPS) is 21.7. The number of ether oxygens (including phenoxy) is 1. The number of carbonyl (C=O) groups is 1.